The fourth-order valence-corrected chi connectivity index (χ4v) is 18.3. The van der Waals surface area contributed by atoms with Crippen LogP contribution in [0.2, 0.25) is 0 Å². The van der Waals surface area contributed by atoms with Gasteiger partial charge in [0.05, 0.1) is 88.5 Å². The van der Waals surface area contributed by atoms with Crippen molar-refractivity contribution in [1.82, 2.24) is 96.4 Å². The van der Waals surface area contributed by atoms with Crippen LogP contribution in [0.1, 0.15) is 63.1 Å². The summed E-state index contributed by atoms with van der Waals surface area (Å²) in [7, 11) is 8.42. The lowest BCUT2D eigenvalue weighted by molar-refractivity contribution is -0.122. The van der Waals surface area contributed by atoms with Gasteiger partial charge in [0.25, 0.3) is 34.4 Å². The Morgan fingerprint density at radius 1 is 0.430 bits per heavy atom. The van der Waals surface area contributed by atoms with Crippen molar-refractivity contribution in [1.29, 1.82) is 0 Å². The third-order valence-electron chi connectivity index (χ3n) is 25.0. The van der Waals surface area contributed by atoms with Crippen molar-refractivity contribution in [2.75, 3.05) is 124 Å². The molecule has 17 heterocycles. The molecule has 0 aliphatic carbocycles. The molecule has 0 saturated carbocycles. The molecule has 0 unspecified atom stereocenters. The molecule has 1 fully saturated rings. The van der Waals surface area contributed by atoms with Crippen molar-refractivity contribution in [3.05, 3.63) is 220 Å². The molecule has 35 nitrogen and oxygen atoms in total. The van der Waals surface area contributed by atoms with Crippen LogP contribution in [-0.4, -0.2) is 208 Å². The number of hydrogen-bond acceptors (Lipinski definition) is 23. The monoisotopic (exact) mass is 1720 g/mol. The molecule has 0 atom stereocenters. The van der Waals surface area contributed by atoms with Crippen LogP contribution in [0.4, 0.5) is 52.0 Å². The summed E-state index contributed by atoms with van der Waals surface area (Å²) in [5.41, 5.74) is 14.0. The molecular weight excluding hydrogens is 1630 g/mol. The van der Waals surface area contributed by atoms with Crippen LogP contribution < -0.4 is 61.5 Å². The van der Waals surface area contributed by atoms with Crippen LogP contribution in [-0.2, 0) is 53.7 Å². The Bertz CT molecular complexity index is 7250. The van der Waals surface area contributed by atoms with Crippen LogP contribution in [0.15, 0.2) is 197 Å². The lowest BCUT2D eigenvalue weighted by Gasteiger charge is -2.30. The number of likely N-dealkylation sites (N-methyl/N-ethyl adjacent to an activating group) is 2. The number of carbonyl (C=O) groups is 3. The van der Waals surface area contributed by atoms with E-state index in [0.717, 1.165) is 142 Å². The van der Waals surface area contributed by atoms with E-state index in [-0.39, 0.29) is 54.2 Å². The van der Waals surface area contributed by atoms with Gasteiger partial charge < -0.3 is 68.4 Å². The normalized spacial score (nSPS) is 16.6. The van der Waals surface area contributed by atoms with Gasteiger partial charge in [-0.25, -0.2) is 53.0 Å². The minimum absolute atomic E-state index is 0.0176. The minimum Gasteiger partial charge on any atom is -0.482 e. The molecule has 0 radical (unpaired) electrons. The van der Waals surface area contributed by atoms with Crippen LogP contribution in [0.3, 0.4) is 0 Å². The highest BCUT2D eigenvalue weighted by molar-refractivity contribution is 6.00. The minimum atomic E-state index is -0.190. The summed E-state index contributed by atoms with van der Waals surface area (Å²) in [6.45, 7) is 9.88. The summed E-state index contributed by atoms with van der Waals surface area (Å²) in [5, 5.41) is 12.4. The van der Waals surface area contributed by atoms with Crippen molar-refractivity contribution in [3.63, 3.8) is 0 Å². The Kier molecular flexibility index (Phi) is 21.1. The summed E-state index contributed by atoms with van der Waals surface area (Å²) in [4.78, 5) is 128. The lowest BCUT2D eigenvalue weighted by Crippen LogP contribution is -2.39. The Balaban J connectivity index is 0.000000117. The summed E-state index contributed by atoms with van der Waals surface area (Å²) >= 11 is 0. The van der Waals surface area contributed by atoms with Gasteiger partial charge in [-0.1, -0.05) is 36.5 Å². The zero-order valence-corrected chi connectivity index (χ0v) is 71.3. The number of nitrogens with zero attached hydrogens (tertiary/aromatic N) is 23. The largest absolute Gasteiger partial charge is 0.482 e. The van der Waals surface area contributed by atoms with E-state index in [2.05, 4.69) is 129 Å². The van der Waals surface area contributed by atoms with E-state index in [0.29, 0.717) is 148 Å². The SMILES string of the molecule is CN(C)CCn1cnc2cc(Nc3ncc4c(=O)n5n(c4n3)-c3ccc4c(c3)N(CCCC=CC5)C(=O)CO4)ccc21.CN1CCC(n2cnc3cc(Nc4ncc5c(=O)n6n(c5n4)-c4ccc5c(c4)N(CCCC=CC6)C(=O)CO5)ccc32)CC1.CN1CCn2c(cc3cc(Nc4ncc5c(=O)n6n(c5n4)-c4ccc5c(c4)N(CCCC=CC6)C(=O)CO5)ccc32)C1. The lowest BCUT2D eigenvalue weighted by atomic mass is 10.1. The number of hydrogen-bond donors (Lipinski definition) is 3. The second-order valence-electron chi connectivity index (χ2n) is 33.7. The highest BCUT2D eigenvalue weighted by Gasteiger charge is 2.33. The summed E-state index contributed by atoms with van der Waals surface area (Å²) in [5.74, 6) is 2.84. The van der Waals surface area contributed by atoms with Crippen LogP contribution in [0, 0.1) is 0 Å². The summed E-state index contributed by atoms with van der Waals surface area (Å²) < 4.78 is 34.4. The second-order valence-corrected chi connectivity index (χ2v) is 33.7. The molecule has 15 aromatic rings. The maximum atomic E-state index is 13.6. The molecule has 6 bridgehead atoms. The zero-order chi connectivity index (χ0) is 87.0. The van der Waals surface area contributed by atoms with E-state index in [1.54, 1.807) is 56.7 Å². The number of amides is 3. The average Bonchev–Trinajstić information content (AvgIpc) is 1.61. The molecule has 23 rings (SSSR count). The molecule has 3 amide bonds. The third kappa shape index (κ3) is 15.2. The van der Waals surface area contributed by atoms with Gasteiger partial charge >= 0.3 is 0 Å². The number of aromatic nitrogens is 17. The van der Waals surface area contributed by atoms with E-state index in [1.165, 1.54) is 11.2 Å². The molecular formula is C93H94N26O9. The Morgan fingerprint density at radius 2 is 0.859 bits per heavy atom. The molecule has 8 aliphatic rings. The van der Waals surface area contributed by atoms with Crippen molar-refractivity contribution < 1.29 is 28.6 Å². The maximum Gasteiger partial charge on any atom is 0.278 e. The number of carbonyl (C=O) groups excluding carboxylic acids is 3. The van der Waals surface area contributed by atoms with Crippen LogP contribution >= 0.6 is 0 Å². The smallest absolute Gasteiger partial charge is 0.278 e. The Hall–Kier alpha value is -14.8. The highest BCUT2D eigenvalue weighted by atomic mass is 16.5. The predicted molar refractivity (Wildman–Crippen MR) is 490 cm³/mol. The third-order valence-corrected chi connectivity index (χ3v) is 25.0. The topological polar surface area (TPSA) is 333 Å². The second kappa shape index (κ2) is 33.6. The average molecular weight is 1720 g/mol. The summed E-state index contributed by atoms with van der Waals surface area (Å²) in [6.07, 6.45) is 27.7. The predicted octanol–water partition coefficient (Wildman–Crippen LogP) is 11.1. The first-order chi connectivity index (χ1) is 62.5. The van der Waals surface area contributed by atoms with Crippen molar-refractivity contribution >= 4 is 136 Å². The first-order valence-electron chi connectivity index (χ1n) is 43.5. The molecule has 3 N–H and O–H groups in total. The van der Waals surface area contributed by atoms with Gasteiger partial charge in [0.15, 0.2) is 36.8 Å². The fourth-order valence-electron chi connectivity index (χ4n) is 18.3. The van der Waals surface area contributed by atoms with E-state index in [1.807, 2.05) is 133 Å². The number of fused-ring (bicyclic) bond motifs is 20. The van der Waals surface area contributed by atoms with E-state index < -0.39 is 0 Å². The number of ether oxygens (including phenoxy) is 3. The Morgan fingerprint density at radius 3 is 1.32 bits per heavy atom. The maximum absolute atomic E-state index is 13.6. The van der Waals surface area contributed by atoms with Gasteiger partial charge in [-0.05, 0) is 208 Å². The van der Waals surface area contributed by atoms with Crippen molar-refractivity contribution in [3.8, 4) is 34.3 Å². The number of likely N-dealkylation sites (tertiary alicyclic amines) is 1. The van der Waals surface area contributed by atoms with Gasteiger partial charge in [-0.15, -0.1) is 0 Å². The van der Waals surface area contributed by atoms with Gasteiger partial charge in [0.2, 0.25) is 17.8 Å². The number of nitrogens with one attached hydrogen (secondary N) is 3. The highest BCUT2D eigenvalue weighted by Crippen LogP contribution is 2.41. The van der Waals surface area contributed by atoms with E-state index >= 15 is 0 Å². The van der Waals surface area contributed by atoms with Crippen molar-refractivity contribution in [2.24, 2.45) is 0 Å². The van der Waals surface area contributed by atoms with Gasteiger partial charge in [-0.3, -0.25) is 33.7 Å². The molecule has 0 spiro atoms. The molecule has 1 saturated heterocycles. The number of benzene rings is 6. The van der Waals surface area contributed by atoms with Gasteiger partial charge in [0, 0.05) is 111 Å². The van der Waals surface area contributed by atoms with Crippen molar-refractivity contribution in [2.45, 2.75) is 96.7 Å². The van der Waals surface area contributed by atoms with Crippen LogP contribution in [0.25, 0.3) is 83.1 Å². The summed E-state index contributed by atoms with van der Waals surface area (Å²) in [6, 6.07) is 38.0. The number of anilines is 9. The first kappa shape index (κ1) is 80.3. The zero-order valence-electron chi connectivity index (χ0n) is 71.3. The number of allylic oxidation sites excluding steroid dienone is 6. The quantitative estimate of drug-likeness (QED) is 0.107. The molecule has 9 aromatic heterocycles. The van der Waals surface area contributed by atoms with Gasteiger partial charge in [-0.2, -0.15) is 15.0 Å². The van der Waals surface area contributed by atoms with E-state index in [9.17, 15) is 28.8 Å². The van der Waals surface area contributed by atoms with E-state index in [4.69, 9.17) is 34.1 Å². The number of piperidine rings is 1. The molecule has 8 aliphatic heterocycles. The molecule has 6 aromatic carbocycles. The van der Waals surface area contributed by atoms with Crippen LogP contribution in [0.5, 0.6) is 17.2 Å². The number of imidazole rings is 2. The fraction of sp³-hybridized carbons (Fsp3) is 0.312. The standard InChI is InChI=1S/C32H33N9O3.C31H30N8O3.C30H31N9O3/c1-37-14-10-22(11-15-37)39-20-34-25-16-21(6-8-26(25)39)35-32-33-18-24-30(36-32)41-23-7-9-28-27(17-23)38(29(42)19-44-28)12-4-2-3-5-13-40(41)31(24)43;1-35-12-13-36-23(18-35)15-20-14-21(6-8-25(20)36)33-31-32-17-24-29(34-31)39-22-7-9-27-26(16-22)37(28(40)19-42-27)10-4-2-3-5-11-38(39)30(24)41;1-35(2)13-14-36-19-32-23-15-20(7-9-24(23)36)33-30-31-17-22-28(34-30)39-21-8-10-26-25(16-21)37(27(40)18-42-26)11-5-3-4-6-12-38(39)29(22)41/h3,5-9,16-18,20,22H,2,4,10-15,19H2,1H3,(H,33,35,36);3,5-9,14-17H,2,4,10-13,18-19H2,1H3,(H,32,33,34);4,6-10,15-17,19H,3,5,11-14,18H2,1-2H3,(H,31,33,34). The van der Waals surface area contributed by atoms with Gasteiger partial charge in [0.1, 0.15) is 33.4 Å². The molecule has 128 heavy (non-hydrogen) atoms. The Labute approximate surface area is 732 Å². The molecule has 35 heteroatoms. The molecule has 650 valence electrons. The first-order valence-corrected chi connectivity index (χ1v) is 43.5. The number of rotatable bonds is 10.